The largest absolute Gasteiger partial charge is 0.379 e. The van der Waals surface area contributed by atoms with Crippen molar-refractivity contribution in [3.05, 3.63) is 35.9 Å². The lowest BCUT2D eigenvalue weighted by Gasteiger charge is -2.13. The van der Waals surface area contributed by atoms with Gasteiger partial charge in [0, 0.05) is 32.8 Å². The van der Waals surface area contributed by atoms with Gasteiger partial charge < -0.3 is 25.4 Å². The summed E-state index contributed by atoms with van der Waals surface area (Å²) < 4.78 is 11.0. The summed E-state index contributed by atoms with van der Waals surface area (Å²) in [6, 6.07) is 10.1. The Labute approximate surface area is 185 Å². The first-order valence-corrected chi connectivity index (χ1v) is 9.80. The van der Waals surface area contributed by atoms with E-state index in [4.69, 9.17) is 9.47 Å². The molecule has 0 spiro atoms. The van der Waals surface area contributed by atoms with Crippen LogP contribution in [0.3, 0.4) is 0 Å². The van der Waals surface area contributed by atoms with E-state index in [0.717, 1.165) is 39.0 Å². The van der Waals surface area contributed by atoms with E-state index in [1.165, 1.54) is 5.56 Å². The average molecular weight is 504 g/mol. The zero-order valence-corrected chi connectivity index (χ0v) is 18.9. The van der Waals surface area contributed by atoms with Crippen LogP contribution in [-0.4, -0.2) is 64.0 Å². The van der Waals surface area contributed by atoms with Crippen LogP contribution >= 0.6 is 24.0 Å². The Bertz CT molecular complexity index is 566. The number of rotatable bonds is 11. The molecule has 8 heteroatoms. The van der Waals surface area contributed by atoms with Crippen LogP contribution < -0.4 is 16.0 Å². The lowest BCUT2D eigenvalue weighted by atomic mass is 10.1. The normalized spacial score (nSPS) is 16.3. The molecular formula is C20H33IN4O3. The van der Waals surface area contributed by atoms with Crippen LogP contribution in [0.15, 0.2) is 35.3 Å². The minimum absolute atomic E-state index is 0. The van der Waals surface area contributed by atoms with E-state index in [1.807, 2.05) is 25.1 Å². The molecule has 3 N–H and O–H groups in total. The zero-order valence-electron chi connectivity index (χ0n) is 16.6. The number of hydrogen-bond acceptors (Lipinski definition) is 4. The standard InChI is InChI=1S/C20H32N4O3.HI/c1-2-21-20(23-11-6-13-27-18-10-14-26-16-18)24-15-19(25)22-12-9-17-7-4-3-5-8-17;/h3-5,7-8,18H,2,6,9-16H2,1H3,(H,22,25)(H2,21,23,24);1H. The molecule has 1 aliphatic rings. The van der Waals surface area contributed by atoms with Gasteiger partial charge in [-0.25, -0.2) is 4.99 Å². The topological polar surface area (TPSA) is 84.0 Å². The summed E-state index contributed by atoms with van der Waals surface area (Å²) in [5, 5.41) is 9.28. The highest BCUT2D eigenvalue weighted by Gasteiger charge is 2.15. The fourth-order valence-corrected chi connectivity index (χ4v) is 2.71. The van der Waals surface area contributed by atoms with Crippen molar-refractivity contribution in [1.29, 1.82) is 0 Å². The second kappa shape index (κ2) is 15.5. The van der Waals surface area contributed by atoms with Gasteiger partial charge in [-0.3, -0.25) is 4.79 Å². The third kappa shape index (κ3) is 10.8. The molecule has 0 aromatic heterocycles. The number of guanidine groups is 1. The molecule has 0 aliphatic carbocycles. The predicted octanol–water partition coefficient (Wildman–Crippen LogP) is 1.71. The molecule has 1 atom stereocenters. The van der Waals surface area contributed by atoms with Crippen molar-refractivity contribution < 1.29 is 14.3 Å². The van der Waals surface area contributed by atoms with Gasteiger partial charge in [-0.05, 0) is 31.7 Å². The molecule has 158 valence electrons. The lowest BCUT2D eigenvalue weighted by Crippen LogP contribution is -2.39. The number of amides is 1. The molecule has 2 rings (SSSR count). The maximum Gasteiger partial charge on any atom is 0.241 e. The predicted molar refractivity (Wildman–Crippen MR) is 122 cm³/mol. The molecule has 0 radical (unpaired) electrons. The Morgan fingerprint density at radius 3 is 2.75 bits per heavy atom. The van der Waals surface area contributed by atoms with Crippen molar-refractivity contribution in [1.82, 2.24) is 16.0 Å². The Morgan fingerprint density at radius 1 is 1.21 bits per heavy atom. The monoisotopic (exact) mass is 504 g/mol. The van der Waals surface area contributed by atoms with Crippen LogP contribution in [0.1, 0.15) is 25.3 Å². The highest BCUT2D eigenvalue weighted by Crippen LogP contribution is 2.07. The number of ether oxygens (including phenoxy) is 2. The van der Waals surface area contributed by atoms with E-state index >= 15 is 0 Å². The van der Waals surface area contributed by atoms with E-state index in [0.29, 0.717) is 25.7 Å². The number of nitrogens with one attached hydrogen (secondary N) is 3. The molecule has 1 unspecified atom stereocenters. The number of aliphatic imine (C=N–C) groups is 1. The second-order valence-electron chi connectivity index (χ2n) is 6.42. The third-order valence-corrected chi connectivity index (χ3v) is 4.16. The number of halogens is 1. The van der Waals surface area contributed by atoms with E-state index in [2.05, 4.69) is 33.1 Å². The summed E-state index contributed by atoms with van der Waals surface area (Å²) in [6.45, 7) is 6.42. The Kier molecular flexibility index (Phi) is 13.7. The van der Waals surface area contributed by atoms with Gasteiger partial charge in [-0.1, -0.05) is 30.3 Å². The first-order valence-electron chi connectivity index (χ1n) is 9.80. The van der Waals surface area contributed by atoms with Crippen LogP contribution in [0.2, 0.25) is 0 Å². The third-order valence-electron chi connectivity index (χ3n) is 4.16. The summed E-state index contributed by atoms with van der Waals surface area (Å²) in [4.78, 5) is 16.3. The van der Waals surface area contributed by atoms with Crippen molar-refractivity contribution in [2.45, 2.75) is 32.3 Å². The molecule has 1 heterocycles. The van der Waals surface area contributed by atoms with E-state index in [9.17, 15) is 4.79 Å². The highest BCUT2D eigenvalue weighted by molar-refractivity contribution is 14.0. The zero-order chi connectivity index (χ0) is 19.2. The van der Waals surface area contributed by atoms with Crippen LogP contribution in [-0.2, 0) is 20.7 Å². The van der Waals surface area contributed by atoms with Gasteiger partial charge in [0.25, 0.3) is 0 Å². The molecule has 1 amide bonds. The average Bonchev–Trinajstić information content (AvgIpc) is 3.20. The molecule has 1 saturated heterocycles. The van der Waals surface area contributed by atoms with Crippen molar-refractivity contribution >= 4 is 35.8 Å². The summed E-state index contributed by atoms with van der Waals surface area (Å²) in [5.41, 5.74) is 1.21. The van der Waals surface area contributed by atoms with Gasteiger partial charge in [0.15, 0.2) is 5.96 Å². The number of benzene rings is 1. The minimum atomic E-state index is -0.0762. The lowest BCUT2D eigenvalue weighted by molar-refractivity contribution is -0.119. The minimum Gasteiger partial charge on any atom is -0.379 e. The summed E-state index contributed by atoms with van der Waals surface area (Å²) in [7, 11) is 0. The van der Waals surface area contributed by atoms with E-state index in [1.54, 1.807) is 0 Å². The Hall–Kier alpha value is -1.39. The quantitative estimate of drug-likeness (QED) is 0.185. The molecule has 1 aromatic carbocycles. The molecule has 1 aliphatic heterocycles. The molecule has 1 aromatic rings. The van der Waals surface area contributed by atoms with Crippen molar-refractivity contribution in [2.75, 3.05) is 46.0 Å². The Morgan fingerprint density at radius 2 is 2.04 bits per heavy atom. The van der Waals surface area contributed by atoms with Crippen molar-refractivity contribution in [2.24, 2.45) is 4.99 Å². The van der Waals surface area contributed by atoms with Crippen LogP contribution in [0.4, 0.5) is 0 Å². The van der Waals surface area contributed by atoms with Crippen LogP contribution in [0, 0.1) is 0 Å². The molecule has 1 fully saturated rings. The maximum atomic E-state index is 12.0. The van der Waals surface area contributed by atoms with Crippen LogP contribution in [0.25, 0.3) is 0 Å². The summed E-state index contributed by atoms with van der Waals surface area (Å²) >= 11 is 0. The first-order chi connectivity index (χ1) is 13.3. The summed E-state index contributed by atoms with van der Waals surface area (Å²) in [6.07, 6.45) is 2.92. The van der Waals surface area contributed by atoms with E-state index < -0.39 is 0 Å². The smallest absolute Gasteiger partial charge is 0.241 e. The summed E-state index contributed by atoms with van der Waals surface area (Å²) in [5.74, 6) is 0.576. The molecule has 28 heavy (non-hydrogen) atoms. The maximum absolute atomic E-state index is 12.0. The molecule has 0 saturated carbocycles. The van der Waals surface area contributed by atoms with Gasteiger partial charge in [-0.2, -0.15) is 0 Å². The first kappa shape index (κ1) is 24.6. The second-order valence-corrected chi connectivity index (χ2v) is 6.42. The van der Waals surface area contributed by atoms with Gasteiger partial charge in [0.05, 0.1) is 12.7 Å². The molecular weight excluding hydrogens is 471 g/mol. The van der Waals surface area contributed by atoms with Crippen molar-refractivity contribution in [3.63, 3.8) is 0 Å². The van der Waals surface area contributed by atoms with Crippen LogP contribution in [0.5, 0.6) is 0 Å². The Balaban J connectivity index is 0.00000392. The molecule has 7 nitrogen and oxygen atoms in total. The number of hydrogen-bond donors (Lipinski definition) is 3. The van der Waals surface area contributed by atoms with E-state index in [-0.39, 0.29) is 42.5 Å². The number of carbonyl (C=O) groups excluding carboxylic acids is 1. The number of carbonyl (C=O) groups is 1. The fourth-order valence-electron chi connectivity index (χ4n) is 2.71. The van der Waals surface area contributed by atoms with Gasteiger partial charge in [-0.15, -0.1) is 24.0 Å². The SMILES string of the molecule is CCNC(=NCC(=O)NCCc1ccccc1)NCCCOC1CCOC1.I. The molecule has 0 bridgehead atoms. The highest BCUT2D eigenvalue weighted by atomic mass is 127. The number of nitrogens with zero attached hydrogens (tertiary/aromatic N) is 1. The fraction of sp³-hybridized carbons (Fsp3) is 0.600. The van der Waals surface area contributed by atoms with Gasteiger partial charge in [0.1, 0.15) is 6.54 Å². The van der Waals surface area contributed by atoms with Gasteiger partial charge >= 0.3 is 0 Å². The van der Waals surface area contributed by atoms with Crippen molar-refractivity contribution in [3.8, 4) is 0 Å². The van der Waals surface area contributed by atoms with Gasteiger partial charge in [0.2, 0.25) is 5.91 Å².